The Balaban J connectivity index is 1.21. The highest BCUT2D eigenvalue weighted by Gasteiger charge is 2.24. The van der Waals surface area contributed by atoms with Gasteiger partial charge in [-0.1, -0.05) is 23.2 Å². The van der Waals surface area contributed by atoms with Gasteiger partial charge in [-0.3, -0.25) is 0 Å². The summed E-state index contributed by atoms with van der Waals surface area (Å²) < 4.78 is 39.0. The number of benzene rings is 1. The van der Waals surface area contributed by atoms with Crippen LogP contribution in [0.25, 0.3) is 10.6 Å². The molecule has 1 aliphatic heterocycles. The molecule has 0 saturated carbocycles. The second-order valence-corrected chi connectivity index (χ2v) is 11.6. The second kappa shape index (κ2) is 10.7. The molecule has 178 valence electrons. The highest BCUT2D eigenvalue weighted by atomic mass is 35.5. The lowest BCUT2D eigenvalue weighted by atomic mass is 10.1. The molecule has 1 aliphatic rings. The molecule has 2 N–H and O–H groups in total. The first-order chi connectivity index (χ1) is 15.8. The smallest absolute Gasteiger partial charge is 0.250 e. The molecular formula is C21H23Cl2N3O5S2. The van der Waals surface area contributed by atoms with Crippen LogP contribution in [0.5, 0.6) is 5.75 Å². The van der Waals surface area contributed by atoms with E-state index in [9.17, 15) is 13.5 Å². The average Bonchev–Trinajstić information content (AvgIpc) is 3.49. The van der Waals surface area contributed by atoms with E-state index in [0.29, 0.717) is 33.0 Å². The highest BCUT2D eigenvalue weighted by molar-refractivity contribution is 7.91. The highest BCUT2D eigenvalue weighted by Crippen LogP contribution is 2.30. The molecule has 3 heterocycles. The maximum Gasteiger partial charge on any atom is 0.250 e. The predicted octanol–water partition coefficient (Wildman–Crippen LogP) is 3.89. The number of ether oxygens (including phenoxy) is 1. The Bertz CT molecular complexity index is 1160. The molecule has 1 saturated heterocycles. The van der Waals surface area contributed by atoms with E-state index in [2.05, 4.69) is 14.6 Å². The minimum Gasteiger partial charge on any atom is -0.490 e. The number of nitrogens with zero attached hydrogens (tertiary/aromatic N) is 2. The van der Waals surface area contributed by atoms with Crippen LogP contribution in [0.2, 0.25) is 10.0 Å². The van der Waals surface area contributed by atoms with Gasteiger partial charge in [-0.05, 0) is 37.1 Å². The van der Waals surface area contributed by atoms with Gasteiger partial charge in [0.05, 0.1) is 27.2 Å². The zero-order valence-electron chi connectivity index (χ0n) is 17.5. The van der Waals surface area contributed by atoms with Crippen molar-refractivity contribution in [2.24, 2.45) is 0 Å². The van der Waals surface area contributed by atoms with Crippen molar-refractivity contribution in [3.63, 3.8) is 0 Å². The topological polar surface area (TPSA) is 105 Å². The lowest BCUT2D eigenvalue weighted by molar-refractivity contribution is 0.0630. The third kappa shape index (κ3) is 6.48. The SMILES string of the molecule is O=S(=O)(NC[C@H](O)CN1CCC(Oc2ccc(Cl)c(Cl)c2)CC1)c1ccc(-c2cnco2)s1. The van der Waals surface area contributed by atoms with E-state index in [1.54, 1.807) is 24.3 Å². The van der Waals surface area contributed by atoms with E-state index in [0.717, 1.165) is 37.3 Å². The number of aliphatic hydroxyl groups is 1. The molecule has 3 aromatic rings. The Hall–Kier alpha value is -1.66. The number of halogens is 2. The third-order valence-corrected chi connectivity index (χ3v) is 8.98. The van der Waals surface area contributed by atoms with Crippen molar-refractivity contribution in [3.8, 4) is 16.4 Å². The van der Waals surface area contributed by atoms with Crippen molar-refractivity contribution in [1.29, 1.82) is 0 Å². The number of likely N-dealkylation sites (tertiary alicyclic amines) is 1. The van der Waals surface area contributed by atoms with E-state index in [-0.39, 0.29) is 16.9 Å². The zero-order valence-corrected chi connectivity index (χ0v) is 20.6. The van der Waals surface area contributed by atoms with E-state index in [1.165, 1.54) is 18.7 Å². The van der Waals surface area contributed by atoms with Gasteiger partial charge < -0.3 is 19.2 Å². The average molecular weight is 532 g/mol. The minimum atomic E-state index is -3.73. The quantitative estimate of drug-likeness (QED) is 0.431. The Kier molecular flexibility index (Phi) is 7.95. The van der Waals surface area contributed by atoms with Crippen molar-refractivity contribution in [2.45, 2.75) is 29.3 Å². The van der Waals surface area contributed by atoms with Crippen molar-refractivity contribution < 1.29 is 22.7 Å². The second-order valence-electron chi connectivity index (χ2n) is 7.68. The van der Waals surface area contributed by atoms with Crippen LogP contribution in [0.4, 0.5) is 0 Å². The maximum atomic E-state index is 12.6. The van der Waals surface area contributed by atoms with Crippen molar-refractivity contribution in [3.05, 3.63) is 53.0 Å². The Morgan fingerprint density at radius 1 is 1.24 bits per heavy atom. The minimum absolute atomic E-state index is 0.0477. The van der Waals surface area contributed by atoms with Crippen LogP contribution in [-0.4, -0.2) is 61.8 Å². The fraction of sp³-hybridized carbons (Fsp3) is 0.381. The van der Waals surface area contributed by atoms with Crippen LogP contribution in [0, 0.1) is 0 Å². The summed E-state index contributed by atoms with van der Waals surface area (Å²) in [5, 5.41) is 11.3. The number of piperidine rings is 1. The molecule has 2 aromatic heterocycles. The number of rotatable bonds is 9. The number of aromatic nitrogens is 1. The standard InChI is InChI=1S/C21H23Cl2N3O5S2/c22-17-2-1-16(9-18(17)23)31-15-5-7-26(8-6-15)12-14(27)10-25-33(28,29)21-4-3-20(32-21)19-11-24-13-30-19/h1-4,9,11,13-15,25,27H,5-8,10,12H2/t14-/m0/s1. The summed E-state index contributed by atoms with van der Waals surface area (Å²) in [4.78, 5) is 6.60. The largest absolute Gasteiger partial charge is 0.490 e. The molecule has 0 radical (unpaired) electrons. The first-order valence-corrected chi connectivity index (χ1v) is 13.4. The number of hydrogen-bond donors (Lipinski definition) is 2. The van der Waals surface area contributed by atoms with Gasteiger partial charge in [0.2, 0.25) is 10.0 Å². The molecule has 0 bridgehead atoms. The fourth-order valence-electron chi connectivity index (χ4n) is 3.53. The van der Waals surface area contributed by atoms with Crippen LogP contribution >= 0.6 is 34.5 Å². The summed E-state index contributed by atoms with van der Waals surface area (Å²) in [6.45, 7) is 1.77. The number of nitrogens with one attached hydrogen (secondary N) is 1. The van der Waals surface area contributed by atoms with Crippen molar-refractivity contribution in [2.75, 3.05) is 26.2 Å². The monoisotopic (exact) mass is 531 g/mol. The van der Waals surface area contributed by atoms with Gasteiger partial charge in [-0.2, -0.15) is 0 Å². The van der Waals surface area contributed by atoms with Gasteiger partial charge in [0.25, 0.3) is 0 Å². The molecule has 1 aromatic carbocycles. The fourth-order valence-corrected chi connectivity index (χ4v) is 6.19. The molecule has 0 amide bonds. The van der Waals surface area contributed by atoms with Crippen LogP contribution < -0.4 is 9.46 Å². The Morgan fingerprint density at radius 3 is 2.73 bits per heavy atom. The molecule has 0 spiro atoms. The number of oxazole rings is 1. The van der Waals surface area contributed by atoms with Crippen LogP contribution in [-0.2, 0) is 10.0 Å². The van der Waals surface area contributed by atoms with Gasteiger partial charge in [0.1, 0.15) is 16.1 Å². The summed E-state index contributed by atoms with van der Waals surface area (Å²) in [5.41, 5.74) is 0. The first-order valence-electron chi connectivity index (χ1n) is 10.3. The molecule has 1 atom stereocenters. The molecule has 4 rings (SSSR count). The number of sulfonamides is 1. The van der Waals surface area contributed by atoms with Gasteiger partial charge >= 0.3 is 0 Å². The van der Waals surface area contributed by atoms with Crippen LogP contribution in [0.1, 0.15) is 12.8 Å². The summed E-state index contributed by atoms with van der Waals surface area (Å²) in [7, 11) is -3.73. The zero-order chi connectivity index (χ0) is 23.4. The summed E-state index contributed by atoms with van der Waals surface area (Å²) in [5.74, 6) is 1.19. The maximum absolute atomic E-state index is 12.6. The molecule has 0 unspecified atom stereocenters. The molecule has 33 heavy (non-hydrogen) atoms. The van der Waals surface area contributed by atoms with E-state index < -0.39 is 16.1 Å². The van der Waals surface area contributed by atoms with Crippen LogP contribution in [0.3, 0.4) is 0 Å². The first kappa shape index (κ1) is 24.5. The lowest BCUT2D eigenvalue weighted by Gasteiger charge is -2.33. The van der Waals surface area contributed by atoms with Crippen molar-refractivity contribution in [1.82, 2.24) is 14.6 Å². The molecule has 8 nitrogen and oxygen atoms in total. The van der Waals surface area contributed by atoms with Gasteiger partial charge in [-0.15, -0.1) is 11.3 Å². The lowest BCUT2D eigenvalue weighted by Crippen LogP contribution is -2.44. The van der Waals surface area contributed by atoms with E-state index in [4.69, 9.17) is 32.4 Å². The van der Waals surface area contributed by atoms with Crippen molar-refractivity contribution >= 4 is 44.6 Å². The summed E-state index contributed by atoms with van der Waals surface area (Å²) >= 11 is 13.1. The normalized spacial score (nSPS) is 16.7. The van der Waals surface area contributed by atoms with E-state index in [1.807, 2.05) is 0 Å². The third-order valence-electron chi connectivity index (χ3n) is 5.23. The number of hydrogen-bond acceptors (Lipinski definition) is 8. The number of aliphatic hydroxyl groups excluding tert-OH is 1. The summed E-state index contributed by atoms with van der Waals surface area (Å²) in [6.07, 6.45) is 3.61. The van der Waals surface area contributed by atoms with Gasteiger partial charge in [0.15, 0.2) is 12.2 Å². The van der Waals surface area contributed by atoms with Gasteiger partial charge in [0, 0.05) is 32.2 Å². The van der Waals surface area contributed by atoms with Gasteiger partial charge in [-0.25, -0.2) is 18.1 Å². The molecule has 0 aliphatic carbocycles. The molecule has 1 fully saturated rings. The number of β-amino-alcohol motifs (C(OH)–C–C–N with tert-alkyl or cyclic N) is 1. The molecule has 12 heteroatoms. The van der Waals surface area contributed by atoms with Crippen LogP contribution in [0.15, 0.2) is 51.5 Å². The van der Waals surface area contributed by atoms with E-state index >= 15 is 0 Å². The predicted molar refractivity (Wildman–Crippen MR) is 128 cm³/mol. The molecular weight excluding hydrogens is 509 g/mol. The number of thiophene rings is 1. The Morgan fingerprint density at radius 2 is 2.03 bits per heavy atom. The Labute approximate surface area is 206 Å². The summed E-state index contributed by atoms with van der Waals surface area (Å²) in [6, 6.07) is 8.37.